The Morgan fingerprint density at radius 1 is 1.13 bits per heavy atom. The molecule has 10 N–H and O–H groups in total. The molecule has 0 bridgehead atoms. The van der Waals surface area contributed by atoms with Crippen LogP contribution in [0.1, 0.15) is 18.1 Å². The predicted molar refractivity (Wildman–Crippen MR) is 102 cm³/mol. The molecule has 11 nitrogen and oxygen atoms in total. The minimum atomic E-state index is -3.09. The smallest absolute Gasteiger partial charge is 0.255 e. The van der Waals surface area contributed by atoms with E-state index in [1.165, 1.54) is 25.1 Å². The Balaban J connectivity index is 2.09. The van der Waals surface area contributed by atoms with E-state index in [4.69, 9.17) is 11.5 Å². The molecule has 6 atom stereocenters. The number of Topliss-reactive ketones (excluding diaryl/α,β-unsaturated/α-hetero) is 2. The molecule has 31 heavy (non-hydrogen) atoms. The first-order valence-electron chi connectivity index (χ1n) is 9.26. The topological polar surface area (TPSA) is 225 Å². The van der Waals surface area contributed by atoms with E-state index in [1.807, 2.05) is 0 Å². The molecule has 0 unspecified atom stereocenters. The first-order valence-corrected chi connectivity index (χ1v) is 9.26. The van der Waals surface area contributed by atoms with Crippen molar-refractivity contribution in [2.45, 2.75) is 30.3 Å². The Hall–Kier alpha value is -3.25. The van der Waals surface area contributed by atoms with Gasteiger partial charge in [-0.15, -0.1) is 0 Å². The number of fused-ring (bicyclic) bond motifs is 3. The summed E-state index contributed by atoms with van der Waals surface area (Å²) in [6, 6.07) is 2.07. The molecule has 11 heteroatoms. The maximum absolute atomic E-state index is 13.4. The van der Waals surface area contributed by atoms with E-state index in [1.54, 1.807) is 0 Å². The number of aromatic hydroxyl groups is 1. The van der Waals surface area contributed by atoms with Crippen molar-refractivity contribution in [3.63, 3.8) is 0 Å². The molecule has 3 aliphatic carbocycles. The fourth-order valence-electron chi connectivity index (χ4n) is 5.12. The second kappa shape index (κ2) is 6.14. The van der Waals surface area contributed by atoms with Gasteiger partial charge in [0.1, 0.15) is 22.8 Å². The van der Waals surface area contributed by atoms with Crippen molar-refractivity contribution in [3.05, 3.63) is 46.2 Å². The van der Waals surface area contributed by atoms with E-state index >= 15 is 0 Å². The summed E-state index contributed by atoms with van der Waals surface area (Å²) in [5.74, 6) is -10.3. The lowest BCUT2D eigenvalue weighted by Gasteiger charge is -2.54. The normalized spacial score (nSPS) is 37.3. The van der Waals surface area contributed by atoms with Gasteiger partial charge in [0.05, 0.1) is 40.7 Å². The number of amides is 1. The van der Waals surface area contributed by atoms with Crippen LogP contribution >= 0.6 is 0 Å². The molecule has 0 radical (unpaired) electrons. The zero-order valence-corrected chi connectivity index (χ0v) is 16.1. The lowest BCUT2D eigenvalue weighted by molar-refractivity contribution is -0.175. The average Bonchev–Trinajstić information content (AvgIpc) is 2.67. The maximum atomic E-state index is 13.4. The molecule has 4 rings (SSSR count). The van der Waals surface area contributed by atoms with Crippen molar-refractivity contribution in [3.8, 4) is 5.75 Å². The van der Waals surface area contributed by atoms with Gasteiger partial charge < -0.3 is 42.1 Å². The van der Waals surface area contributed by atoms with Gasteiger partial charge in [-0.25, -0.2) is 0 Å². The molecule has 0 aromatic heterocycles. The highest BCUT2D eigenvalue weighted by Crippen LogP contribution is 2.56. The van der Waals surface area contributed by atoms with Crippen LogP contribution in [-0.4, -0.2) is 65.9 Å². The molecule has 0 heterocycles. The lowest BCUT2D eigenvalue weighted by Crippen LogP contribution is -2.71. The predicted octanol–water partition coefficient (Wildman–Crippen LogP) is -2.00. The van der Waals surface area contributed by atoms with Crippen molar-refractivity contribution in [2.75, 3.05) is 0 Å². The van der Waals surface area contributed by atoms with Gasteiger partial charge >= 0.3 is 0 Å². The number of hydrogen-bond acceptors (Lipinski definition) is 10. The summed E-state index contributed by atoms with van der Waals surface area (Å²) in [7, 11) is 0. The van der Waals surface area contributed by atoms with Crippen molar-refractivity contribution in [1.29, 1.82) is 0 Å². The summed E-state index contributed by atoms with van der Waals surface area (Å²) in [6.45, 7) is 1.21. The van der Waals surface area contributed by atoms with Crippen molar-refractivity contribution in [2.24, 2.45) is 23.3 Å². The molecule has 0 aliphatic heterocycles. The largest absolute Gasteiger partial charge is 0.508 e. The molecule has 1 fully saturated rings. The van der Waals surface area contributed by atoms with Gasteiger partial charge in [0.2, 0.25) is 5.78 Å². The van der Waals surface area contributed by atoms with Crippen LogP contribution in [0.25, 0.3) is 5.76 Å². The van der Waals surface area contributed by atoms with Gasteiger partial charge in [0, 0.05) is 0 Å². The summed E-state index contributed by atoms with van der Waals surface area (Å²) in [4.78, 5) is 37.6. The van der Waals surface area contributed by atoms with E-state index in [2.05, 4.69) is 0 Å². The van der Waals surface area contributed by atoms with E-state index in [0.717, 1.165) is 0 Å². The number of hydrogen-bond donors (Lipinski definition) is 8. The van der Waals surface area contributed by atoms with Crippen LogP contribution < -0.4 is 11.5 Å². The van der Waals surface area contributed by atoms with E-state index in [-0.39, 0.29) is 11.1 Å². The van der Waals surface area contributed by atoms with Crippen LogP contribution in [0.2, 0.25) is 0 Å². The minimum absolute atomic E-state index is 0.0238. The van der Waals surface area contributed by atoms with Gasteiger partial charge in [-0.05, 0) is 18.6 Å². The lowest BCUT2D eigenvalue weighted by atomic mass is 9.53. The fraction of sp³-hybridized carbons (Fsp3) is 0.350. The second-order valence-electron chi connectivity index (χ2n) is 8.18. The Labute approximate surface area is 174 Å². The number of rotatable bonds is 1. The van der Waals surface area contributed by atoms with Crippen molar-refractivity contribution < 1.29 is 45.0 Å². The van der Waals surface area contributed by atoms with Gasteiger partial charge in [-0.1, -0.05) is 12.1 Å². The average molecular weight is 432 g/mol. The number of carbonyl (C=O) groups excluding carboxylic acids is 3. The Bertz CT molecular complexity index is 1140. The number of primary amides is 1. The minimum Gasteiger partial charge on any atom is -0.508 e. The molecule has 0 saturated heterocycles. The molecule has 1 aromatic carbocycles. The number of aliphatic hydroxyl groups excluding tert-OH is 3. The van der Waals surface area contributed by atoms with Crippen LogP contribution in [0.5, 0.6) is 5.75 Å². The fourth-order valence-corrected chi connectivity index (χ4v) is 5.12. The van der Waals surface area contributed by atoms with Crippen LogP contribution in [0.3, 0.4) is 0 Å². The SMILES string of the molecule is C[C@@]1(O)c2cccc(O)c2C(O)=C2C(=O)[C@]3(O)C(O)=C(C(N)=O)C(=O)[C@@H](N)[C@@H]3[C@@H](O)[C@@H]21. The monoisotopic (exact) mass is 432 g/mol. The summed E-state index contributed by atoms with van der Waals surface area (Å²) in [5, 5.41) is 65.1. The van der Waals surface area contributed by atoms with E-state index in [9.17, 15) is 45.0 Å². The Morgan fingerprint density at radius 2 is 1.74 bits per heavy atom. The maximum Gasteiger partial charge on any atom is 0.255 e. The van der Waals surface area contributed by atoms with Crippen molar-refractivity contribution >= 4 is 23.2 Å². The summed E-state index contributed by atoms with van der Waals surface area (Å²) < 4.78 is 0. The van der Waals surface area contributed by atoms with Crippen LogP contribution in [0.15, 0.2) is 35.1 Å². The second-order valence-corrected chi connectivity index (χ2v) is 8.18. The molecule has 1 aromatic rings. The van der Waals surface area contributed by atoms with Gasteiger partial charge in [-0.2, -0.15) is 0 Å². The number of aliphatic hydroxyl groups is 5. The summed E-state index contributed by atoms with van der Waals surface area (Å²) in [5.41, 5.74) is 3.65. The Morgan fingerprint density at radius 3 is 2.32 bits per heavy atom. The quantitative estimate of drug-likeness (QED) is 0.228. The number of ketones is 2. The van der Waals surface area contributed by atoms with Gasteiger partial charge in [-0.3, -0.25) is 14.4 Å². The van der Waals surface area contributed by atoms with Crippen molar-refractivity contribution in [1.82, 2.24) is 0 Å². The highest BCUT2D eigenvalue weighted by molar-refractivity contribution is 6.24. The molecule has 1 amide bonds. The highest BCUT2D eigenvalue weighted by atomic mass is 16.4. The number of phenolic OH excluding ortho intramolecular Hbond substituents is 1. The third kappa shape index (κ3) is 2.28. The van der Waals surface area contributed by atoms with Crippen LogP contribution in [0.4, 0.5) is 0 Å². The zero-order chi connectivity index (χ0) is 23.2. The first kappa shape index (κ1) is 21.0. The molecule has 1 saturated carbocycles. The number of benzene rings is 1. The summed E-state index contributed by atoms with van der Waals surface area (Å²) in [6.07, 6.45) is -1.94. The first-order chi connectivity index (χ1) is 14.3. The van der Waals surface area contributed by atoms with Gasteiger partial charge in [0.15, 0.2) is 11.4 Å². The zero-order valence-electron chi connectivity index (χ0n) is 16.1. The molecule has 3 aliphatic rings. The molecular formula is C20H20N2O9. The standard InChI is InChI=1S/C20H20N2O9/c1-19(30)5-3-2-4-6(23)7(5)13(24)8-10(19)15(26)11-12(21)14(25)9(18(22)29)17(28)20(11,31)16(8)27/h2-4,10-12,15,23-24,26,28,30-31H,21H2,1H3,(H2,22,29)/t10-,11-,12+,15+,19-,20+/m1/s1. The third-order valence-electron chi connectivity index (χ3n) is 6.56. The molecule has 164 valence electrons. The van der Waals surface area contributed by atoms with E-state index in [0.29, 0.717) is 0 Å². The van der Waals surface area contributed by atoms with Crippen LogP contribution in [0, 0.1) is 11.8 Å². The highest BCUT2D eigenvalue weighted by Gasteiger charge is 2.69. The summed E-state index contributed by atoms with van der Waals surface area (Å²) >= 11 is 0. The number of nitrogens with two attached hydrogens (primary N) is 2. The third-order valence-corrected chi connectivity index (χ3v) is 6.56. The molecule has 0 spiro atoms. The number of phenols is 1. The number of carbonyl (C=O) groups is 3. The Kier molecular flexibility index (Phi) is 4.16. The van der Waals surface area contributed by atoms with Crippen LogP contribution in [-0.2, 0) is 20.0 Å². The van der Waals surface area contributed by atoms with Gasteiger partial charge in [0.25, 0.3) is 5.91 Å². The molecular weight excluding hydrogens is 412 g/mol. The van der Waals surface area contributed by atoms with E-state index < -0.39 is 81.1 Å².